The first kappa shape index (κ1) is 14.7. The molecule has 0 aliphatic rings. The number of benzene rings is 2. The molecule has 19 heavy (non-hydrogen) atoms. The molecule has 0 aliphatic heterocycles. The summed E-state index contributed by atoms with van der Waals surface area (Å²) in [6.45, 7) is 0.452. The molecule has 0 heterocycles. The quantitative estimate of drug-likeness (QED) is 0.901. The van der Waals surface area contributed by atoms with E-state index in [0.29, 0.717) is 17.3 Å². The van der Waals surface area contributed by atoms with Crippen molar-refractivity contribution in [1.29, 1.82) is 0 Å². The lowest BCUT2D eigenvalue weighted by molar-refractivity contribution is 0.682. The van der Waals surface area contributed by atoms with Gasteiger partial charge in [0, 0.05) is 16.0 Å². The molecule has 0 spiro atoms. The second-order valence-electron chi connectivity index (χ2n) is 4.05. The van der Waals surface area contributed by atoms with Gasteiger partial charge in [0.1, 0.15) is 0 Å². The molecule has 5 heteroatoms. The fourth-order valence-electron chi connectivity index (χ4n) is 1.68. The number of hydrogen-bond donors (Lipinski definition) is 1. The summed E-state index contributed by atoms with van der Waals surface area (Å²) in [4.78, 5) is 0.779. The van der Waals surface area contributed by atoms with Gasteiger partial charge in [-0.3, -0.25) is 4.21 Å². The van der Waals surface area contributed by atoms with Crippen molar-refractivity contribution in [3.63, 3.8) is 0 Å². The summed E-state index contributed by atoms with van der Waals surface area (Å²) in [5, 5.41) is 0.614. The molecule has 2 rings (SSSR count). The highest BCUT2D eigenvalue weighted by Gasteiger charge is 2.11. The minimum atomic E-state index is -1.13. The van der Waals surface area contributed by atoms with E-state index in [-0.39, 0.29) is 0 Å². The second kappa shape index (κ2) is 6.66. The van der Waals surface area contributed by atoms with Crippen LogP contribution in [0.25, 0.3) is 0 Å². The minimum absolute atomic E-state index is 0.395. The first-order valence-corrected chi connectivity index (χ1v) is 8.21. The summed E-state index contributed by atoms with van der Waals surface area (Å²) >= 11 is 9.59. The average molecular weight is 359 g/mol. The van der Waals surface area contributed by atoms with Crippen molar-refractivity contribution in [1.82, 2.24) is 0 Å². The van der Waals surface area contributed by atoms with E-state index in [9.17, 15) is 4.21 Å². The number of rotatable bonds is 4. The van der Waals surface area contributed by atoms with Crippen LogP contribution in [0.15, 0.2) is 51.8 Å². The van der Waals surface area contributed by atoms with Crippen LogP contribution in [0.5, 0.6) is 0 Å². The molecule has 2 aromatic carbocycles. The van der Waals surface area contributed by atoms with E-state index in [2.05, 4.69) is 15.9 Å². The Morgan fingerprint density at radius 2 is 1.95 bits per heavy atom. The van der Waals surface area contributed by atoms with Crippen molar-refractivity contribution in [3.8, 4) is 0 Å². The zero-order valence-corrected chi connectivity index (χ0v) is 13.3. The van der Waals surface area contributed by atoms with Crippen molar-refractivity contribution in [2.75, 3.05) is 0 Å². The highest BCUT2D eigenvalue weighted by atomic mass is 79.9. The molecule has 2 N–H and O–H groups in total. The van der Waals surface area contributed by atoms with Crippen molar-refractivity contribution in [2.45, 2.75) is 17.2 Å². The molecule has 1 atom stereocenters. The van der Waals surface area contributed by atoms with E-state index in [1.54, 1.807) is 0 Å². The van der Waals surface area contributed by atoms with Gasteiger partial charge in [-0.2, -0.15) is 0 Å². The van der Waals surface area contributed by atoms with E-state index in [0.717, 1.165) is 20.5 Å². The monoisotopic (exact) mass is 357 g/mol. The molecule has 0 radical (unpaired) electrons. The van der Waals surface area contributed by atoms with Crippen molar-refractivity contribution in [2.24, 2.45) is 5.73 Å². The minimum Gasteiger partial charge on any atom is -0.326 e. The fourth-order valence-corrected chi connectivity index (χ4v) is 4.06. The van der Waals surface area contributed by atoms with Gasteiger partial charge in [-0.25, -0.2) is 0 Å². The maximum Gasteiger partial charge on any atom is 0.0586 e. The maximum absolute atomic E-state index is 12.3. The van der Waals surface area contributed by atoms with E-state index in [1.165, 1.54) is 0 Å². The lowest BCUT2D eigenvalue weighted by Gasteiger charge is -2.08. The van der Waals surface area contributed by atoms with E-state index in [1.807, 2.05) is 42.5 Å². The van der Waals surface area contributed by atoms with Crippen molar-refractivity contribution in [3.05, 3.63) is 63.1 Å². The van der Waals surface area contributed by atoms with Gasteiger partial charge in [-0.05, 0) is 45.3 Å². The predicted molar refractivity (Wildman–Crippen MR) is 83.6 cm³/mol. The van der Waals surface area contributed by atoms with E-state index in [4.69, 9.17) is 17.3 Å². The van der Waals surface area contributed by atoms with Crippen LogP contribution < -0.4 is 5.73 Å². The Labute approximate surface area is 128 Å². The van der Waals surface area contributed by atoms with Gasteiger partial charge in [0.2, 0.25) is 0 Å². The average Bonchev–Trinajstić information content (AvgIpc) is 2.41. The zero-order valence-electron chi connectivity index (χ0n) is 10.1. The Hall–Kier alpha value is -0.680. The van der Waals surface area contributed by atoms with Gasteiger partial charge in [0.25, 0.3) is 0 Å². The largest absolute Gasteiger partial charge is 0.326 e. The van der Waals surface area contributed by atoms with E-state index < -0.39 is 10.8 Å². The van der Waals surface area contributed by atoms with Crippen LogP contribution in [-0.2, 0) is 23.1 Å². The van der Waals surface area contributed by atoms with Gasteiger partial charge in [-0.15, -0.1) is 0 Å². The Balaban J connectivity index is 2.22. The molecule has 1 unspecified atom stereocenters. The molecule has 0 fully saturated rings. The number of halogens is 2. The van der Waals surface area contributed by atoms with Crippen LogP contribution >= 0.6 is 27.5 Å². The van der Waals surface area contributed by atoms with Gasteiger partial charge in [-0.1, -0.05) is 35.9 Å². The summed E-state index contributed by atoms with van der Waals surface area (Å²) in [5.74, 6) is 0.395. The molecular weight excluding hydrogens is 346 g/mol. The second-order valence-corrected chi connectivity index (χ2v) is 6.73. The van der Waals surface area contributed by atoms with Crippen LogP contribution in [-0.4, -0.2) is 4.21 Å². The van der Waals surface area contributed by atoms with Gasteiger partial charge >= 0.3 is 0 Å². The smallest absolute Gasteiger partial charge is 0.0586 e. The third kappa shape index (κ3) is 3.66. The summed E-state index contributed by atoms with van der Waals surface area (Å²) in [5.41, 5.74) is 7.40. The molecule has 0 aromatic heterocycles. The molecule has 2 nitrogen and oxygen atoms in total. The summed E-state index contributed by atoms with van der Waals surface area (Å²) in [6.07, 6.45) is 0. The fraction of sp³-hybridized carbons (Fsp3) is 0.143. The Kier molecular flexibility index (Phi) is 5.16. The van der Waals surface area contributed by atoms with E-state index >= 15 is 0 Å². The number of nitrogens with two attached hydrogens (primary N) is 1. The standard InChI is InChI=1S/C14H13BrClNOS/c15-12-3-1-2-4-14(12)19(18)9-11-6-5-10(8-17)7-13(11)16/h1-7H,8-9,17H2. The Morgan fingerprint density at radius 3 is 2.58 bits per heavy atom. The Bertz CT molecular complexity index is 618. The van der Waals surface area contributed by atoms with Gasteiger partial charge < -0.3 is 5.73 Å². The zero-order chi connectivity index (χ0) is 13.8. The van der Waals surface area contributed by atoms with Crippen LogP contribution in [0.4, 0.5) is 0 Å². The summed E-state index contributed by atoms with van der Waals surface area (Å²) in [6, 6.07) is 13.1. The molecule has 2 aromatic rings. The number of hydrogen-bond acceptors (Lipinski definition) is 2. The molecule has 0 aliphatic carbocycles. The first-order valence-electron chi connectivity index (χ1n) is 5.72. The molecule has 0 saturated heterocycles. The maximum atomic E-state index is 12.3. The Morgan fingerprint density at radius 1 is 1.21 bits per heavy atom. The van der Waals surface area contributed by atoms with Crippen LogP contribution in [0, 0.1) is 0 Å². The molecule has 100 valence electrons. The first-order chi connectivity index (χ1) is 9.11. The highest BCUT2D eigenvalue weighted by molar-refractivity contribution is 9.10. The highest BCUT2D eigenvalue weighted by Crippen LogP contribution is 2.25. The van der Waals surface area contributed by atoms with Crippen molar-refractivity contribution >= 4 is 38.3 Å². The van der Waals surface area contributed by atoms with Crippen LogP contribution in [0.1, 0.15) is 11.1 Å². The molecule has 0 saturated carbocycles. The molecular formula is C14H13BrClNOS. The lowest BCUT2D eigenvalue weighted by Crippen LogP contribution is -2.00. The van der Waals surface area contributed by atoms with Gasteiger partial charge in [0.05, 0.1) is 21.4 Å². The van der Waals surface area contributed by atoms with Crippen LogP contribution in [0.2, 0.25) is 5.02 Å². The SMILES string of the molecule is NCc1ccc(CS(=O)c2ccccc2Br)c(Cl)c1. The van der Waals surface area contributed by atoms with Gasteiger partial charge in [0.15, 0.2) is 0 Å². The predicted octanol–water partition coefficient (Wildman–Crippen LogP) is 3.87. The molecule has 0 bridgehead atoms. The third-order valence-corrected chi connectivity index (χ3v) is 5.45. The van der Waals surface area contributed by atoms with Crippen LogP contribution in [0.3, 0.4) is 0 Å². The normalized spacial score (nSPS) is 12.4. The third-order valence-electron chi connectivity index (χ3n) is 2.72. The summed E-state index contributed by atoms with van der Waals surface area (Å²) in [7, 11) is -1.13. The summed E-state index contributed by atoms with van der Waals surface area (Å²) < 4.78 is 13.2. The molecule has 0 amide bonds. The topological polar surface area (TPSA) is 43.1 Å². The lowest BCUT2D eigenvalue weighted by atomic mass is 10.1. The van der Waals surface area contributed by atoms with Crippen molar-refractivity contribution < 1.29 is 4.21 Å².